The van der Waals surface area contributed by atoms with E-state index in [9.17, 15) is 9.18 Å². The SMILES string of the molecule is O=C=NC1(c2c(F)ccc3c2CCO3)CCCC1. The molecule has 0 aromatic heterocycles. The van der Waals surface area contributed by atoms with E-state index in [1.54, 1.807) is 12.1 Å². The predicted molar refractivity (Wildman–Crippen MR) is 63.9 cm³/mol. The molecule has 1 aromatic carbocycles. The van der Waals surface area contributed by atoms with Crippen LogP contribution in [0.5, 0.6) is 5.75 Å². The van der Waals surface area contributed by atoms with Gasteiger partial charge in [0.2, 0.25) is 6.08 Å². The van der Waals surface area contributed by atoms with E-state index >= 15 is 0 Å². The predicted octanol–water partition coefficient (Wildman–Crippen LogP) is 2.87. The zero-order valence-electron chi connectivity index (χ0n) is 10.0. The normalized spacial score (nSPS) is 20.1. The number of isocyanates is 1. The topological polar surface area (TPSA) is 38.7 Å². The lowest BCUT2D eigenvalue weighted by Crippen LogP contribution is -2.22. The van der Waals surface area contributed by atoms with E-state index in [4.69, 9.17) is 4.74 Å². The Balaban J connectivity index is 2.21. The monoisotopic (exact) mass is 247 g/mol. The third-order valence-corrected chi connectivity index (χ3v) is 3.98. The molecule has 0 spiro atoms. The van der Waals surface area contributed by atoms with Gasteiger partial charge in [-0.05, 0) is 25.0 Å². The highest BCUT2D eigenvalue weighted by Crippen LogP contribution is 2.47. The molecule has 0 unspecified atom stereocenters. The lowest BCUT2D eigenvalue weighted by Gasteiger charge is -2.25. The van der Waals surface area contributed by atoms with Crippen LogP contribution in [0.15, 0.2) is 17.1 Å². The number of fused-ring (bicyclic) bond motifs is 1. The van der Waals surface area contributed by atoms with Crippen LogP contribution in [0.1, 0.15) is 36.8 Å². The van der Waals surface area contributed by atoms with Gasteiger partial charge >= 0.3 is 0 Å². The number of aliphatic imine (C=N–C) groups is 1. The van der Waals surface area contributed by atoms with Crippen molar-refractivity contribution in [3.8, 4) is 5.75 Å². The van der Waals surface area contributed by atoms with Crippen molar-refractivity contribution < 1.29 is 13.9 Å². The summed E-state index contributed by atoms with van der Waals surface area (Å²) in [6.07, 6.45) is 5.70. The van der Waals surface area contributed by atoms with Crippen LogP contribution >= 0.6 is 0 Å². The molecule has 4 heteroatoms. The maximum Gasteiger partial charge on any atom is 0.235 e. The molecule has 18 heavy (non-hydrogen) atoms. The maximum atomic E-state index is 14.2. The zero-order valence-corrected chi connectivity index (χ0v) is 10.0. The molecular formula is C14H14FNO2. The van der Waals surface area contributed by atoms with Gasteiger partial charge in [-0.2, -0.15) is 4.99 Å². The van der Waals surface area contributed by atoms with Gasteiger partial charge in [-0.1, -0.05) is 12.8 Å². The first-order chi connectivity index (χ1) is 8.77. The second kappa shape index (κ2) is 4.21. The second-order valence-corrected chi connectivity index (χ2v) is 4.94. The Labute approximate surface area is 105 Å². The zero-order chi connectivity index (χ0) is 12.6. The molecular weight excluding hydrogens is 233 g/mol. The van der Waals surface area contributed by atoms with Crippen LogP contribution in [0.3, 0.4) is 0 Å². The van der Waals surface area contributed by atoms with E-state index in [1.807, 2.05) is 0 Å². The summed E-state index contributed by atoms with van der Waals surface area (Å²) in [4.78, 5) is 14.7. The number of hydrogen-bond donors (Lipinski definition) is 0. The minimum absolute atomic E-state index is 0.278. The van der Waals surface area contributed by atoms with Crippen molar-refractivity contribution in [1.29, 1.82) is 0 Å². The molecule has 1 aliphatic heterocycles. The molecule has 0 atom stereocenters. The van der Waals surface area contributed by atoms with Gasteiger partial charge in [-0.15, -0.1) is 0 Å². The summed E-state index contributed by atoms with van der Waals surface area (Å²) >= 11 is 0. The molecule has 1 fully saturated rings. The second-order valence-electron chi connectivity index (χ2n) is 4.94. The molecule has 0 N–H and O–H groups in total. The number of hydrogen-bond acceptors (Lipinski definition) is 3. The lowest BCUT2D eigenvalue weighted by molar-refractivity contribution is 0.356. The van der Waals surface area contributed by atoms with Crippen molar-refractivity contribution in [3.63, 3.8) is 0 Å². The Morgan fingerprint density at radius 2 is 2.11 bits per heavy atom. The van der Waals surface area contributed by atoms with Crippen molar-refractivity contribution in [2.24, 2.45) is 4.99 Å². The highest BCUT2D eigenvalue weighted by molar-refractivity contribution is 5.49. The Kier molecular flexibility index (Phi) is 2.67. The summed E-state index contributed by atoms with van der Waals surface area (Å²) in [6.45, 7) is 0.576. The Bertz CT molecular complexity index is 529. The van der Waals surface area contributed by atoms with Gasteiger partial charge in [0.05, 0.1) is 6.61 Å². The first kappa shape index (κ1) is 11.4. The van der Waals surface area contributed by atoms with E-state index < -0.39 is 5.54 Å². The molecule has 0 radical (unpaired) electrons. The van der Waals surface area contributed by atoms with Gasteiger partial charge in [0.1, 0.15) is 17.1 Å². The average molecular weight is 247 g/mol. The highest BCUT2D eigenvalue weighted by atomic mass is 19.1. The first-order valence-corrected chi connectivity index (χ1v) is 6.30. The molecule has 0 saturated heterocycles. The van der Waals surface area contributed by atoms with E-state index in [1.165, 1.54) is 6.07 Å². The van der Waals surface area contributed by atoms with Crippen molar-refractivity contribution >= 4 is 6.08 Å². The van der Waals surface area contributed by atoms with Crippen molar-refractivity contribution in [2.45, 2.75) is 37.6 Å². The summed E-state index contributed by atoms with van der Waals surface area (Å²) < 4.78 is 19.7. The largest absolute Gasteiger partial charge is 0.493 e. The molecule has 3 nitrogen and oxygen atoms in total. The van der Waals surface area contributed by atoms with Crippen LogP contribution in [0.4, 0.5) is 4.39 Å². The van der Waals surface area contributed by atoms with Crippen LogP contribution in [0.2, 0.25) is 0 Å². The molecule has 0 bridgehead atoms. The minimum Gasteiger partial charge on any atom is -0.493 e. The average Bonchev–Trinajstić information content (AvgIpc) is 2.98. The van der Waals surface area contributed by atoms with Crippen LogP contribution in [-0.4, -0.2) is 12.7 Å². The van der Waals surface area contributed by atoms with Gasteiger partial charge < -0.3 is 4.74 Å². The van der Waals surface area contributed by atoms with Crippen LogP contribution < -0.4 is 4.74 Å². The Morgan fingerprint density at radius 1 is 1.33 bits per heavy atom. The summed E-state index contributed by atoms with van der Waals surface area (Å²) in [5.74, 6) is 0.457. The summed E-state index contributed by atoms with van der Waals surface area (Å²) in [7, 11) is 0. The fraction of sp³-hybridized carbons (Fsp3) is 0.500. The van der Waals surface area contributed by atoms with Crippen molar-refractivity contribution in [3.05, 3.63) is 29.1 Å². The van der Waals surface area contributed by atoms with Gasteiger partial charge in [0.25, 0.3) is 0 Å². The third kappa shape index (κ3) is 1.57. The Hall–Kier alpha value is -1.67. The number of benzene rings is 1. The quantitative estimate of drug-likeness (QED) is 0.595. The summed E-state index contributed by atoms with van der Waals surface area (Å²) in [6, 6.07) is 3.08. The van der Waals surface area contributed by atoms with Gasteiger partial charge in [0.15, 0.2) is 0 Å². The fourth-order valence-corrected chi connectivity index (χ4v) is 3.21. The first-order valence-electron chi connectivity index (χ1n) is 6.30. The van der Waals surface area contributed by atoms with E-state index in [2.05, 4.69) is 4.99 Å². The number of nitrogens with zero attached hydrogens (tertiary/aromatic N) is 1. The molecule has 1 saturated carbocycles. The molecule has 0 amide bonds. The lowest BCUT2D eigenvalue weighted by atomic mass is 9.84. The highest BCUT2D eigenvalue weighted by Gasteiger charge is 2.41. The number of halogens is 1. The van der Waals surface area contributed by atoms with E-state index in [0.29, 0.717) is 18.6 Å². The van der Waals surface area contributed by atoms with Crippen LogP contribution in [-0.2, 0) is 16.8 Å². The third-order valence-electron chi connectivity index (χ3n) is 3.98. The molecule has 3 rings (SSSR count). The van der Waals surface area contributed by atoms with Gasteiger partial charge in [0, 0.05) is 17.5 Å². The molecule has 1 aliphatic carbocycles. The number of ether oxygens (including phenoxy) is 1. The minimum atomic E-state index is -0.703. The van der Waals surface area contributed by atoms with Crippen LogP contribution in [0.25, 0.3) is 0 Å². The van der Waals surface area contributed by atoms with E-state index in [-0.39, 0.29) is 5.82 Å². The van der Waals surface area contributed by atoms with E-state index in [0.717, 1.165) is 37.0 Å². The summed E-state index contributed by atoms with van der Waals surface area (Å²) in [5.41, 5.74) is 0.750. The standard InChI is InChI=1S/C14H14FNO2/c15-11-3-4-12-10(5-8-18-12)13(11)14(16-9-17)6-1-2-7-14/h3-4H,1-2,5-8H2. The van der Waals surface area contributed by atoms with Crippen molar-refractivity contribution in [1.82, 2.24) is 0 Å². The van der Waals surface area contributed by atoms with Crippen LogP contribution in [0, 0.1) is 5.82 Å². The fourth-order valence-electron chi connectivity index (χ4n) is 3.21. The Morgan fingerprint density at radius 3 is 2.83 bits per heavy atom. The molecule has 1 heterocycles. The smallest absolute Gasteiger partial charge is 0.235 e. The molecule has 2 aliphatic rings. The number of carbonyl (C=O) groups excluding carboxylic acids is 1. The van der Waals surface area contributed by atoms with Gasteiger partial charge in [-0.25, -0.2) is 9.18 Å². The number of rotatable bonds is 2. The molecule has 94 valence electrons. The summed E-state index contributed by atoms with van der Waals surface area (Å²) in [5, 5.41) is 0. The van der Waals surface area contributed by atoms with Gasteiger partial charge in [-0.3, -0.25) is 0 Å². The maximum absolute atomic E-state index is 14.2. The molecule has 1 aromatic rings. The van der Waals surface area contributed by atoms with Crippen molar-refractivity contribution in [2.75, 3.05) is 6.61 Å².